The number of halogens is 1. The van der Waals surface area contributed by atoms with E-state index in [1.54, 1.807) is 23.7 Å². The molecule has 5 N–H and O–H groups in total. The number of thiazole rings is 1. The molecule has 7 nitrogen and oxygen atoms in total. The summed E-state index contributed by atoms with van der Waals surface area (Å²) in [6, 6.07) is 7.11. The summed E-state index contributed by atoms with van der Waals surface area (Å²) >= 11 is 7.50. The molecule has 0 atom stereocenters. The third kappa shape index (κ3) is 3.50. The molecular weight excluding hydrogens is 348 g/mol. The van der Waals surface area contributed by atoms with Crippen molar-refractivity contribution in [3.63, 3.8) is 0 Å². The van der Waals surface area contributed by atoms with Gasteiger partial charge in [0.25, 0.3) is 5.91 Å². The average Bonchev–Trinajstić information content (AvgIpc) is 3.11. The Morgan fingerprint density at radius 3 is 2.96 bits per heavy atom. The lowest BCUT2D eigenvalue weighted by molar-refractivity contribution is 0.100. The summed E-state index contributed by atoms with van der Waals surface area (Å²) < 4.78 is 0. The molecule has 1 aromatic carbocycles. The molecule has 0 fully saturated rings. The maximum atomic E-state index is 11.8. The van der Waals surface area contributed by atoms with Crippen molar-refractivity contribution in [1.82, 2.24) is 15.2 Å². The number of aromatic nitrogens is 3. The maximum Gasteiger partial charge on any atom is 0.256 e. The summed E-state index contributed by atoms with van der Waals surface area (Å²) in [5, 5.41) is 13.7. The molecule has 0 spiro atoms. The summed E-state index contributed by atoms with van der Waals surface area (Å²) in [6.45, 7) is 2.46. The Balaban J connectivity index is 1.82. The fraction of sp³-hybridized carbons (Fsp3) is 0.133. The molecule has 9 heteroatoms. The van der Waals surface area contributed by atoms with E-state index < -0.39 is 5.91 Å². The number of H-pyrrole nitrogens is 1. The number of aryl methyl sites for hydroxylation is 1. The number of nitrogens with one attached hydrogen (secondary N) is 3. The van der Waals surface area contributed by atoms with E-state index in [2.05, 4.69) is 25.8 Å². The van der Waals surface area contributed by atoms with Crippen molar-refractivity contribution in [1.29, 1.82) is 0 Å². The minimum absolute atomic E-state index is 0.261. The molecule has 124 valence electrons. The number of carbonyl (C=O) groups is 1. The summed E-state index contributed by atoms with van der Waals surface area (Å²) in [6.07, 6.45) is 0. The van der Waals surface area contributed by atoms with Crippen molar-refractivity contribution >= 4 is 46.2 Å². The quantitative estimate of drug-likeness (QED) is 0.538. The lowest BCUT2D eigenvalue weighted by Crippen LogP contribution is -2.15. The van der Waals surface area contributed by atoms with Gasteiger partial charge in [-0.15, -0.1) is 11.3 Å². The van der Waals surface area contributed by atoms with Crippen molar-refractivity contribution in [3.8, 4) is 0 Å². The highest BCUT2D eigenvalue weighted by Gasteiger charge is 2.19. The molecular formula is C15H15ClN6OS. The van der Waals surface area contributed by atoms with Gasteiger partial charge in [-0.05, 0) is 25.1 Å². The van der Waals surface area contributed by atoms with E-state index in [0.29, 0.717) is 28.9 Å². The van der Waals surface area contributed by atoms with Gasteiger partial charge in [-0.1, -0.05) is 17.7 Å². The monoisotopic (exact) mass is 362 g/mol. The van der Waals surface area contributed by atoms with Gasteiger partial charge in [-0.25, -0.2) is 4.98 Å². The Hall–Kier alpha value is -2.58. The molecule has 2 aromatic heterocycles. The largest absolute Gasteiger partial charge is 0.365 e. The van der Waals surface area contributed by atoms with Crippen LogP contribution in [0.15, 0.2) is 29.8 Å². The second-order valence-corrected chi connectivity index (χ2v) is 6.41. The lowest BCUT2D eigenvalue weighted by Gasteiger charge is -2.07. The number of primary amides is 1. The van der Waals surface area contributed by atoms with Crippen LogP contribution in [0.1, 0.15) is 20.9 Å². The van der Waals surface area contributed by atoms with Crippen LogP contribution in [0.2, 0.25) is 5.02 Å². The number of rotatable bonds is 6. The molecule has 0 bridgehead atoms. The molecule has 0 aliphatic heterocycles. The van der Waals surface area contributed by atoms with Crippen molar-refractivity contribution in [2.45, 2.75) is 13.5 Å². The van der Waals surface area contributed by atoms with E-state index >= 15 is 0 Å². The lowest BCUT2D eigenvalue weighted by atomic mass is 10.2. The molecule has 0 aliphatic carbocycles. The Bertz CT molecular complexity index is 874. The van der Waals surface area contributed by atoms with Gasteiger partial charge in [0.2, 0.25) is 0 Å². The fourth-order valence-corrected chi connectivity index (χ4v) is 3.07. The number of hydrogen-bond acceptors (Lipinski definition) is 6. The number of nitrogens with zero attached hydrogens (tertiary/aromatic N) is 2. The van der Waals surface area contributed by atoms with Crippen molar-refractivity contribution in [2.75, 3.05) is 10.6 Å². The van der Waals surface area contributed by atoms with Crippen LogP contribution in [-0.4, -0.2) is 21.1 Å². The molecule has 2 heterocycles. The Kier molecular flexibility index (Phi) is 4.68. The second kappa shape index (κ2) is 6.90. The first-order valence-corrected chi connectivity index (χ1v) is 8.34. The predicted molar refractivity (Wildman–Crippen MR) is 96.0 cm³/mol. The topological polar surface area (TPSA) is 109 Å². The molecule has 1 amide bonds. The highest BCUT2D eigenvalue weighted by atomic mass is 35.5. The molecule has 0 aliphatic rings. The van der Waals surface area contributed by atoms with E-state index in [9.17, 15) is 4.79 Å². The van der Waals surface area contributed by atoms with Gasteiger partial charge in [0.15, 0.2) is 5.82 Å². The van der Waals surface area contributed by atoms with Gasteiger partial charge < -0.3 is 16.4 Å². The van der Waals surface area contributed by atoms with E-state index in [-0.39, 0.29) is 5.56 Å². The highest BCUT2D eigenvalue weighted by Crippen LogP contribution is 2.26. The zero-order valence-corrected chi connectivity index (χ0v) is 14.3. The number of carbonyl (C=O) groups excluding carboxylic acids is 1. The molecule has 0 radical (unpaired) electrons. The Morgan fingerprint density at radius 2 is 2.29 bits per heavy atom. The van der Waals surface area contributed by atoms with E-state index in [1.807, 2.05) is 13.0 Å². The SMILES string of the molecule is Cc1ncsc1CNc1[nH]nc(Nc2cccc(Cl)c2)c1C(N)=O. The highest BCUT2D eigenvalue weighted by molar-refractivity contribution is 7.09. The average molecular weight is 363 g/mol. The van der Waals surface area contributed by atoms with Gasteiger partial charge in [0.05, 0.1) is 17.7 Å². The van der Waals surface area contributed by atoms with Crippen LogP contribution in [0.25, 0.3) is 0 Å². The molecule has 0 saturated carbocycles. The van der Waals surface area contributed by atoms with Crippen LogP contribution in [0.3, 0.4) is 0 Å². The van der Waals surface area contributed by atoms with Crippen molar-refractivity contribution in [3.05, 3.63) is 50.9 Å². The third-order valence-electron chi connectivity index (χ3n) is 3.37. The first kappa shape index (κ1) is 16.3. The minimum Gasteiger partial charge on any atom is -0.365 e. The van der Waals surface area contributed by atoms with Crippen LogP contribution < -0.4 is 16.4 Å². The Labute approximate surface area is 147 Å². The van der Waals surface area contributed by atoms with Crippen LogP contribution in [0.5, 0.6) is 0 Å². The zero-order valence-electron chi connectivity index (χ0n) is 12.8. The van der Waals surface area contributed by atoms with Gasteiger partial charge in [0.1, 0.15) is 11.4 Å². The van der Waals surface area contributed by atoms with Crippen LogP contribution >= 0.6 is 22.9 Å². The van der Waals surface area contributed by atoms with Crippen molar-refractivity contribution < 1.29 is 4.79 Å². The van der Waals surface area contributed by atoms with Gasteiger partial charge >= 0.3 is 0 Å². The Morgan fingerprint density at radius 1 is 1.46 bits per heavy atom. The number of hydrogen-bond donors (Lipinski definition) is 4. The van der Waals surface area contributed by atoms with E-state index in [0.717, 1.165) is 10.6 Å². The van der Waals surface area contributed by atoms with Crippen LogP contribution in [-0.2, 0) is 6.54 Å². The number of amides is 1. The number of aromatic amines is 1. The maximum absolute atomic E-state index is 11.8. The number of benzene rings is 1. The molecule has 3 aromatic rings. The molecule has 0 saturated heterocycles. The van der Waals surface area contributed by atoms with Crippen molar-refractivity contribution in [2.24, 2.45) is 5.73 Å². The zero-order chi connectivity index (χ0) is 17.1. The normalized spacial score (nSPS) is 10.6. The minimum atomic E-state index is -0.586. The van der Waals surface area contributed by atoms with Crippen LogP contribution in [0, 0.1) is 6.92 Å². The predicted octanol–water partition coefficient (Wildman–Crippen LogP) is 3.28. The standard InChI is InChI=1S/C15H15ClN6OS/c1-8-11(24-7-19-8)6-18-14-12(13(17)23)15(22-21-14)20-10-4-2-3-9(16)5-10/h2-5,7H,6H2,1H3,(H2,17,23)(H3,18,20,21,22). The summed E-state index contributed by atoms with van der Waals surface area (Å²) in [5.41, 5.74) is 9.21. The second-order valence-electron chi connectivity index (χ2n) is 5.04. The summed E-state index contributed by atoms with van der Waals surface area (Å²) in [5.74, 6) is 0.213. The van der Waals surface area contributed by atoms with Gasteiger partial charge in [-0.3, -0.25) is 9.89 Å². The first-order valence-electron chi connectivity index (χ1n) is 7.08. The van der Waals surface area contributed by atoms with E-state index in [1.165, 1.54) is 11.3 Å². The van der Waals surface area contributed by atoms with E-state index in [4.69, 9.17) is 17.3 Å². The number of anilines is 3. The third-order valence-corrected chi connectivity index (χ3v) is 4.54. The summed E-state index contributed by atoms with van der Waals surface area (Å²) in [4.78, 5) is 17.1. The van der Waals surface area contributed by atoms with Gasteiger partial charge in [-0.2, -0.15) is 5.10 Å². The first-order chi connectivity index (χ1) is 11.5. The fourth-order valence-electron chi connectivity index (χ4n) is 2.17. The molecule has 24 heavy (non-hydrogen) atoms. The number of nitrogens with two attached hydrogens (primary N) is 1. The smallest absolute Gasteiger partial charge is 0.256 e. The molecule has 0 unspecified atom stereocenters. The van der Waals surface area contributed by atoms with Crippen LogP contribution in [0.4, 0.5) is 17.3 Å². The van der Waals surface area contributed by atoms with Gasteiger partial charge in [0, 0.05) is 15.6 Å². The summed E-state index contributed by atoms with van der Waals surface area (Å²) in [7, 11) is 0. The molecule has 3 rings (SSSR count).